The Morgan fingerprint density at radius 2 is 1.61 bits per heavy atom. The number of fused-ring (bicyclic) bond motifs is 2. The zero-order valence-electron chi connectivity index (χ0n) is 15.8. The molecule has 6 heteroatoms. The van der Waals surface area contributed by atoms with Crippen molar-refractivity contribution in [3.8, 4) is 0 Å². The standard InChI is InChI=1S/C22H19N3O3/c1-11-6-12(2)19-15(7-11)9-17(22(28)25-19)21(27)23-16-5-4-14-8-13(3)20(26)24-18(14)10-16/h4-10H,1-3H3,(H,23,27)(H,24,26)(H,25,28). The van der Waals surface area contributed by atoms with Crippen LogP contribution in [0.5, 0.6) is 0 Å². The lowest BCUT2D eigenvalue weighted by molar-refractivity contribution is 0.102. The summed E-state index contributed by atoms with van der Waals surface area (Å²) in [6.45, 7) is 5.63. The molecule has 0 saturated carbocycles. The van der Waals surface area contributed by atoms with Crippen LogP contribution in [0.1, 0.15) is 27.0 Å². The minimum Gasteiger partial charge on any atom is -0.322 e. The van der Waals surface area contributed by atoms with E-state index in [2.05, 4.69) is 15.3 Å². The second kappa shape index (κ2) is 6.49. The topological polar surface area (TPSA) is 94.8 Å². The Balaban J connectivity index is 1.73. The molecule has 0 radical (unpaired) electrons. The first-order chi connectivity index (χ1) is 13.3. The average Bonchev–Trinajstić information content (AvgIpc) is 2.63. The Kier molecular flexibility index (Phi) is 4.11. The van der Waals surface area contributed by atoms with E-state index in [-0.39, 0.29) is 11.1 Å². The van der Waals surface area contributed by atoms with Gasteiger partial charge in [-0.25, -0.2) is 0 Å². The molecule has 4 rings (SSSR count). The number of amides is 1. The molecule has 0 saturated heterocycles. The number of carbonyl (C=O) groups excluding carboxylic acids is 1. The average molecular weight is 373 g/mol. The molecular weight excluding hydrogens is 354 g/mol. The molecule has 6 nitrogen and oxygen atoms in total. The van der Waals surface area contributed by atoms with E-state index in [0.717, 1.165) is 27.4 Å². The molecule has 2 aromatic carbocycles. The van der Waals surface area contributed by atoms with Gasteiger partial charge < -0.3 is 15.3 Å². The third kappa shape index (κ3) is 3.09. The number of aromatic nitrogens is 2. The fraction of sp³-hybridized carbons (Fsp3) is 0.136. The van der Waals surface area contributed by atoms with Gasteiger partial charge in [-0.1, -0.05) is 17.7 Å². The summed E-state index contributed by atoms with van der Waals surface area (Å²) in [5.41, 5.74) is 3.89. The highest BCUT2D eigenvalue weighted by Crippen LogP contribution is 2.20. The first-order valence-electron chi connectivity index (χ1n) is 8.91. The Hall–Kier alpha value is -3.67. The van der Waals surface area contributed by atoms with E-state index in [1.54, 1.807) is 31.2 Å². The van der Waals surface area contributed by atoms with Crippen molar-refractivity contribution >= 4 is 33.4 Å². The van der Waals surface area contributed by atoms with Crippen LogP contribution in [0.15, 0.2) is 52.1 Å². The second-order valence-electron chi connectivity index (χ2n) is 7.10. The second-order valence-corrected chi connectivity index (χ2v) is 7.10. The predicted molar refractivity (Wildman–Crippen MR) is 111 cm³/mol. The van der Waals surface area contributed by atoms with E-state index >= 15 is 0 Å². The molecule has 0 atom stereocenters. The minimum absolute atomic E-state index is 0.0370. The molecule has 0 aliphatic carbocycles. The summed E-state index contributed by atoms with van der Waals surface area (Å²) in [5, 5.41) is 4.41. The van der Waals surface area contributed by atoms with Crippen molar-refractivity contribution in [2.45, 2.75) is 20.8 Å². The van der Waals surface area contributed by atoms with E-state index in [1.165, 1.54) is 0 Å². The molecule has 0 unspecified atom stereocenters. The lowest BCUT2D eigenvalue weighted by Crippen LogP contribution is -2.23. The number of benzene rings is 2. The monoisotopic (exact) mass is 373 g/mol. The van der Waals surface area contributed by atoms with E-state index in [4.69, 9.17) is 0 Å². The first kappa shape index (κ1) is 17.7. The fourth-order valence-corrected chi connectivity index (χ4v) is 3.44. The first-order valence-corrected chi connectivity index (χ1v) is 8.91. The summed E-state index contributed by atoms with van der Waals surface area (Å²) < 4.78 is 0. The molecule has 0 fully saturated rings. The number of pyridine rings is 2. The number of anilines is 1. The van der Waals surface area contributed by atoms with Crippen molar-refractivity contribution < 1.29 is 4.79 Å². The summed E-state index contributed by atoms with van der Waals surface area (Å²) in [7, 11) is 0. The number of carbonyl (C=O) groups is 1. The minimum atomic E-state index is -0.504. The van der Waals surface area contributed by atoms with E-state index < -0.39 is 11.5 Å². The van der Waals surface area contributed by atoms with Crippen molar-refractivity contribution in [3.63, 3.8) is 0 Å². The van der Waals surface area contributed by atoms with E-state index in [0.29, 0.717) is 16.8 Å². The van der Waals surface area contributed by atoms with Crippen LogP contribution in [0.4, 0.5) is 5.69 Å². The van der Waals surface area contributed by atoms with E-state index in [9.17, 15) is 14.4 Å². The summed E-state index contributed by atoms with van der Waals surface area (Å²) >= 11 is 0. The molecule has 0 spiro atoms. The lowest BCUT2D eigenvalue weighted by atomic mass is 10.0. The number of hydrogen-bond donors (Lipinski definition) is 3. The Labute approximate surface area is 160 Å². The van der Waals surface area contributed by atoms with Gasteiger partial charge in [-0.3, -0.25) is 14.4 Å². The molecule has 3 N–H and O–H groups in total. The maximum Gasteiger partial charge on any atom is 0.261 e. The Bertz CT molecular complexity index is 1380. The van der Waals surface area contributed by atoms with Crippen molar-refractivity contribution in [1.82, 2.24) is 9.97 Å². The summed E-state index contributed by atoms with van der Waals surface area (Å²) in [4.78, 5) is 42.5. The summed E-state index contributed by atoms with van der Waals surface area (Å²) in [6, 6.07) is 12.5. The highest BCUT2D eigenvalue weighted by molar-refractivity contribution is 6.06. The lowest BCUT2D eigenvalue weighted by Gasteiger charge is -2.09. The number of nitrogens with one attached hydrogen (secondary N) is 3. The van der Waals surface area contributed by atoms with Crippen LogP contribution < -0.4 is 16.4 Å². The molecule has 4 aromatic rings. The fourth-order valence-electron chi connectivity index (χ4n) is 3.44. The van der Waals surface area contributed by atoms with Crippen LogP contribution in [0, 0.1) is 20.8 Å². The molecule has 2 aromatic heterocycles. The Morgan fingerprint density at radius 3 is 2.39 bits per heavy atom. The SMILES string of the molecule is Cc1cc(C)c2[nH]c(=O)c(C(=O)Nc3ccc4cc(C)c(=O)[nH]c4c3)cc2c1. The van der Waals surface area contributed by atoms with Crippen LogP contribution in [0.3, 0.4) is 0 Å². The van der Waals surface area contributed by atoms with Gasteiger partial charge in [-0.15, -0.1) is 0 Å². The number of hydrogen-bond acceptors (Lipinski definition) is 3. The Morgan fingerprint density at radius 1 is 0.821 bits per heavy atom. The van der Waals surface area contributed by atoms with Gasteiger partial charge in [0.15, 0.2) is 0 Å². The molecule has 0 bridgehead atoms. The zero-order valence-corrected chi connectivity index (χ0v) is 15.8. The zero-order chi connectivity index (χ0) is 20.0. The maximum atomic E-state index is 12.7. The molecule has 140 valence electrons. The smallest absolute Gasteiger partial charge is 0.261 e. The number of H-pyrrole nitrogens is 2. The van der Waals surface area contributed by atoms with Crippen LogP contribution in [-0.4, -0.2) is 15.9 Å². The van der Waals surface area contributed by atoms with Crippen molar-refractivity contribution in [2.75, 3.05) is 5.32 Å². The van der Waals surface area contributed by atoms with Crippen LogP contribution in [0.25, 0.3) is 21.8 Å². The quantitative estimate of drug-likeness (QED) is 0.501. The number of rotatable bonds is 2. The third-order valence-electron chi connectivity index (χ3n) is 4.83. The van der Waals surface area contributed by atoms with Crippen LogP contribution in [-0.2, 0) is 0 Å². The maximum absolute atomic E-state index is 12.7. The molecule has 2 heterocycles. The van der Waals surface area contributed by atoms with Crippen molar-refractivity contribution in [2.24, 2.45) is 0 Å². The van der Waals surface area contributed by atoms with Gasteiger partial charge in [0.2, 0.25) is 0 Å². The van der Waals surface area contributed by atoms with Crippen LogP contribution in [0.2, 0.25) is 0 Å². The molecule has 0 aliphatic rings. The number of aromatic amines is 2. The molecular formula is C22H19N3O3. The van der Waals surface area contributed by atoms with Gasteiger partial charge >= 0.3 is 0 Å². The van der Waals surface area contributed by atoms with Crippen molar-refractivity contribution in [1.29, 1.82) is 0 Å². The molecule has 1 amide bonds. The number of aryl methyl sites for hydroxylation is 3. The van der Waals surface area contributed by atoms with E-state index in [1.807, 2.05) is 32.0 Å². The predicted octanol–water partition coefficient (Wildman–Crippen LogP) is 3.55. The van der Waals surface area contributed by atoms with Gasteiger partial charge in [0.1, 0.15) is 5.56 Å². The molecule has 28 heavy (non-hydrogen) atoms. The van der Waals surface area contributed by atoms with Crippen molar-refractivity contribution in [3.05, 3.63) is 85.4 Å². The highest BCUT2D eigenvalue weighted by Gasteiger charge is 2.14. The van der Waals surface area contributed by atoms with Gasteiger partial charge in [0.25, 0.3) is 17.0 Å². The van der Waals surface area contributed by atoms with Gasteiger partial charge in [0.05, 0.1) is 11.0 Å². The van der Waals surface area contributed by atoms with Crippen LogP contribution >= 0.6 is 0 Å². The summed E-state index contributed by atoms with van der Waals surface area (Å²) in [5.74, 6) is -0.504. The highest BCUT2D eigenvalue weighted by atomic mass is 16.2. The largest absolute Gasteiger partial charge is 0.322 e. The van der Waals surface area contributed by atoms with Gasteiger partial charge in [-0.2, -0.15) is 0 Å². The van der Waals surface area contributed by atoms with Gasteiger partial charge in [0, 0.05) is 11.3 Å². The molecule has 0 aliphatic heterocycles. The summed E-state index contributed by atoms with van der Waals surface area (Å²) in [6.07, 6.45) is 0. The third-order valence-corrected chi connectivity index (χ3v) is 4.83. The van der Waals surface area contributed by atoms with Gasteiger partial charge in [-0.05, 0) is 67.4 Å². The normalized spacial score (nSPS) is 11.1.